The molecule has 0 spiro atoms. The number of hydrogen-bond acceptors (Lipinski definition) is 4. The third-order valence-corrected chi connectivity index (χ3v) is 9.84. The van der Waals surface area contributed by atoms with Gasteiger partial charge in [-0.2, -0.15) is 0 Å². The lowest BCUT2D eigenvalue weighted by Gasteiger charge is -2.22. The Hall–Kier alpha value is -5.31. The van der Waals surface area contributed by atoms with Gasteiger partial charge in [0.25, 0.3) is 0 Å². The fourth-order valence-electron chi connectivity index (χ4n) is 6.06. The summed E-state index contributed by atoms with van der Waals surface area (Å²) < 4.78 is 28.6. The molecule has 7 aromatic rings. The number of para-hydroxylation sites is 1. The lowest BCUT2D eigenvalue weighted by molar-refractivity contribution is 0.402. The highest BCUT2D eigenvalue weighted by atomic mass is 31.2. The van der Waals surface area contributed by atoms with Crippen LogP contribution in [0.3, 0.4) is 0 Å². The summed E-state index contributed by atoms with van der Waals surface area (Å²) in [6.45, 7) is 0. The highest BCUT2D eigenvalue weighted by Crippen LogP contribution is 2.63. The van der Waals surface area contributed by atoms with Crippen molar-refractivity contribution in [2.24, 2.45) is 0 Å². The molecule has 0 saturated heterocycles. The van der Waals surface area contributed by atoms with Gasteiger partial charge in [-0.15, -0.1) is 0 Å². The zero-order chi connectivity index (χ0) is 29.0. The maximum Gasteiger partial charge on any atom is 0.466 e. The monoisotopic (exact) mass is 576 g/mol. The second-order valence-electron chi connectivity index (χ2n) is 10.6. The number of fused-ring (bicyclic) bond motifs is 7. The van der Waals surface area contributed by atoms with Gasteiger partial charge < -0.3 is 14.2 Å². The van der Waals surface area contributed by atoms with Gasteiger partial charge >= 0.3 is 7.60 Å². The summed E-state index contributed by atoms with van der Waals surface area (Å²) in [4.78, 5) is 0. The predicted molar refractivity (Wildman–Crippen MR) is 174 cm³/mol. The molecule has 0 bridgehead atoms. The number of benzene rings is 7. The molecule has 5 heteroatoms. The molecule has 0 saturated carbocycles. The van der Waals surface area contributed by atoms with E-state index >= 15 is 4.57 Å². The van der Waals surface area contributed by atoms with Gasteiger partial charge in [0, 0.05) is 22.3 Å². The van der Waals surface area contributed by atoms with Crippen LogP contribution in [0.2, 0.25) is 0 Å². The van der Waals surface area contributed by atoms with Crippen molar-refractivity contribution in [2.45, 2.75) is 0 Å². The van der Waals surface area contributed by atoms with Crippen LogP contribution < -0.4 is 14.4 Å². The van der Waals surface area contributed by atoms with E-state index in [0.717, 1.165) is 54.9 Å². The van der Waals surface area contributed by atoms with E-state index in [0.29, 0.717) is 11.5 Å². The SMILES string of the molecule is O=P1(c2ccccc2O)Oc2c(-c3ccccc3)cc3ccccc3c2-c2c(c(-c3ccccc3)cc3ccccc23)O1. The quantitative estimate of drug-likeness (QED) is 0.213. The summed E-state index contributed by atoms with van der Waals surface area (Å²) in [5.74, 6) is 0.746. The first-order valence-electron chi connectivity index (χ1n) is 14.1. The fourth-order valence-corrected chi connectivity index (χ4v) is 7.78. The zero-order valence-electron chi connectivity index (χ0n) is 23.0. The molecule has 0 atom stereocenters. The summed E-state index contributed by atoms with van der Waals surface area (Å²) in [7, 11) is -4.21. The molecule has 0 aromatic heterocycles. The maximum atomic E-state index is 15.2. The minimum absolute atomic E-state index is 0.105. The van der Waals surface area contributed by atoms with Crippen LogP contribution in [-0.4, -0.2) is 5.11 Å². The van der Waals surface area contributed by atoms with E-state index < -0.39 is 7.60 Å². The first kappa shape index (κ1) is 25.4. The summed E-state index contributed by atoms with van der Waals surface area (Å²) in [6.07, 6.45) is 0. The van der Waals surface area contributed by atoms with Crippen LogP contribution in [0.25, 0.3) is 54.9 Å². The molecule has 7 aromatic carbocycles. The minimum Gasteiger partial charge on any atom is -0.507 e. The third-order valence-electron chi connectivity index (χ3n) is 8.02. The highest BCUT2D eigenvalue weighted by Gasteiger charge is 2.41. The molecule has 0 fully saturated rings. The standard InChI is InChI=1S/C38H25O4P/c39-33-21-11-12-22-34(33)43(40)41-37-31(25-13-3-1-4-14-25)23-27-17-7-9-19-29(27)35(37)36-30-20-10-8-18-28(30)24-32(38(36)42-43)26-15-5-2-6-16-26/h1-24,39H. The van der Waals surface area contributed by atoms with Crippen LogP contribution in [0.4, 0.5) is 0 Å². The molecular weight excluding hydrogens is 551 g/mol. The van der Waals surface area contributed by atoms with E-state index in [1.165, 1.54) is 6.07 Å². The Balaban J connectivity index is 1.61. The summed E-state index contributed by atoms with van der Waals surface area (Å²) in [5, 5.41) is 15.0. The molecule has 43 heavy (non-hydrogen) atoms. The van der Waals surface area contributed by atoms with Crippen molar-refractivity contribution in [3.8, 4) is 50.6 Å². The van der Waals surface area contributed by atoms with Crippen molar-refractivity contribution >= 4 is 34.4 Å². The average molecular weight is 577 g/mol. The maximum absolute atomic E-state index is 15.2. The van der Waals surface area contributed by atoms with Crippen molar-refractivity contribution in [1.29, 1.82) is 0 Å². The molecule has 0 radical (unpaired) electrons. The van der Waals surface area contributed by atoms with Gasteiger partial charge in [-0.25, -0.2) is 4.57 Å². The molecule has 4 nitrogen and oxygen atoms in total. The first-order valence-corrected chi connectivity index (χ1v) is 15.7. The highest BCUT2D eigenvalue weighted by molar-refractivity contribution is 7.63. The molecule has 0 aliphatic carbocycles. The Morgan fingerprint density at radius 1 is 0.488 bits per heavy atom. The van der Waals surface area contributed by atoms with E-state index in [1.54, 1.807) is 18.2 Å². The molecule has 1 N–H and O–H groups in total. The molecule has 8 rings (SSSR count). The minimum atomic E-state index is -4.21. The number of phenolic OH excluding ortho intramolecular Hbond substituents is 1. The van der Waals surface area contributed by atoms with Gasteiger partial charge in [0.1, 0.15) is 22.6 Å². The molecule has 1 aliphatic rings. The number of hydrogen-bond donors (Lipinski definition) is 1. The van der Waals surface area contributed by atoms with E-state index in [9.17, 15) is 5.11 Å². The van der Waals surface area contributed by atoms with Crippen molar-refractivity contribution < 1.29 is 18.7 Å². The van der Waals surface area contributed by atoms with Gasteiger partial charge in [0.2, 0.25) is 0 Å². The average Bonchev–Trinajstić information content (AvgIpc) is 3.20. The van der Waals surface area contributed by atoms with E-state index in [2.05, 4.69) is 36.4 Å². The van der Waals surface area contributed by atoms with Crippen LogP contribution in [0.1, 0.15) is 0 Å². The zero-order valence-corrected chi connectivity index (χ0v) is 23.9. The number of rotatable bonds is 3. The Bertz CT molecular complexity index is 2090. The number of phenols is 1. The van der Waals surface area contributed by atoms with E-state index in [-0.39, 0.29) is 11.1 Å². The molecule has 1 aliphatic heterocycles. The van der Waals surface area contributed by atoms with Gasteiger partial charge in [0.05, 0.1) is 0 Å². The van der Waals surface area contributed by atoms with Crippen LogP contribution in [0.15, 0.2) is 146 Å². The topological polar surface area (TPSA) is 55.8 Å². The van der Waals surface area contributed by atoms with Crippen LogP contribution in [0.5, 0.6) is 17.2 Å². The van der Waals surface area contributed by atoms with Crippen molar-refractivity contribution in [3.63, 3.8) is 0 Å². The molecule has 206 valence electrons. The van der Waals surface area contributed by atoms with Crippen LogP contribution in [0, 0.1) is 0 Å². The van der Waals surface area contributed by atoms with Crippen molar-refractivity contribution in [2.75, 3.05) is 0 Å². The lowest BCUT2D eigenvalue weighted by atomic mass is 9.86. The Morgan fingerprint density at radius 2 is 0.907 bits per heavy atom. The largest absolute Gasteiger partial charge is 0.507 e. The van der Waals surface area contributed by atoms with Crippen molar-refractivity contribution in [3.05, 3.63) is 146 Å². The van der Waals surface area contributed by atoms with E-state index in [4.69, 9.17) is 9.05 Å². The molecule has 0 unspecified atom stereocenters. The Labute approximate surface area is 249 Å². The fraction of sp³-hybridized carbons (Fsp3) is 0. The Kier molecular flexibility index (Phi) is 5.85. The predicted octanol–water partition coefficient (Wildman–Crippen LogP) is 9.99. The van der Waals surface area contributed by atoms with Gasteiger partial charge in [-0.3, -0.25) is 0 Å². The van der Waals surface area contributed by atoms with Crippen LogP contribution >= 0.6 is 7.60 Å². The van der Waals surface area contributed by atoms with Gasteiger partial charge in [-0.1, -0.05) is 121 Å². The summed E-state index contributed by atoms with van der Waals surface area (Å²) in [5.41, 5.74) is 5.01. The second kappa shape index (κ2) is 9.90. The lowest BCUT2D eigenvalue weighted by Crippen LogP contribution is -2.15. The van der Waals surface area contributed by atoms with Crippen LogP contribution in [-0.2, 0) is 4.57 Å². The first-order chi connectivity index (χ1) is 21.1. The third kappa shape index (κ3) is 4.11. The molecular formula is C38H25O4P. The Morgan fingerprint density at radius 3 is 1.40 bits per heavy atom. The normalized spacial score (nSPS) is 13.4. The van der Waals surface area contributed by atoms with Gasteiger partial charge in [0.15, 0.2) is 0 Å². The second-order valence-corrected chi connectivity index (χ2v) is 12.4. The molecule has 1 heterocycles. The summed E-state index contributed by atoms with van der Waals surface area (Å²) >= 11 is 0. The number of aromatic hydroxyl groups is 1. The van der Waals surface area contributed by atoms with Gasteiger partial charge in [-0.05, 0) is 56.9 Å². The van der Waals surface area contributed by atoms with Crippen molar-refractivity contribution in [1.82, 2.24) is 0 Å². The summed E-state index contributed by atoms with van der Waals surface area (Å²) in [6, 6.07) is 46.9. The smallest absolute Gasteiger partial charge is 0.466 e. The van der Waals surface area contributed by atoms with E-state index in [1.807, 2.05) is 84.9 Å². The molecule has 0 amide bonds.